The van der Waals surface area contributed by atoms with Crippen LogP contribution in [0.2, 0.25) is 0 Å². The number of hydrogen-bond donors (Lipinski definition) is 0. The van der Waals surface area contributed by atoms with E-state index in [1.54, 1.807) is 0 Å². The van der Waals surface area contributed by atoms with Crippen molar-refractivity contribution >= 4 is 49.6 Å². The Labute approximate surface area is 350 Å². The van der Waals surface area contributed by atoms with E-state index in [0.29, 0.717) is 0 Å². The molecule has 2 nitrogen and oxygen atoms in total. The van der Waals surface area contributed by atoms with E-state index in [-0.39, 0.29) is 0 Å². The first kappa shape index (κ1) is 35.2. The minimum absolute atomic E-state index is 1.09. The van der Waals surface area contributed by atoms with E-state index in [4.69, 9.17) is 0 Å². The lowest BCUT2D eigenvalue weighted by Gasteiger charge is -2.28. The number of benzene rings is 10. The molecular weight excluding hydrogens is 725 g/mol. The molecule has 60 heavy (non-hydrogen) atoms. The molecule has 0 aliphatic rings. The Morgan fingerprint density at radius 2 is 0.783 bits per heavy atom. The van der Waals surface area contributed by atoms with Gasteiger partial charge in [0.2, 0.25) is 0 Å². The molecule has 0 aliphatic heterocycles. The molecule has 0 fully saturated rings. The van der Waals surface area contributed by atoms with Gasteiger partial charge in [-0.2, -0.15) is 0 Å². The van der Waals surface area contributed by atoms with Crippen LogP contribution in [0.25, 0.3) is 82.8 Å². The predicted octanol–water partition coefficient (Wildman–Crippen LogP) is 16.1. The molecule has 0 aliphatic carbocycles. The molecule has 0 spiro atoms. The fourth-order valence-corrected chi connectivity index (χ4v) is 8.99. The van der Waals surface area contributed by atoms with Crippen molar-refractivity contribution in [2.75, 3.05) is 4.90 Å². The summed E-state index contributed by atoms with van der Waals surface area (Å²) in [5, 5.41) is 5.02. The second-order valence-electron chi connectivity index (χ2n) is 15.3. The maximum absolute atomic E-state index is 2.41. The van der Waals surface area contributed by atoms with E-state index < -0.39 is 0 Å². The monoisotopic (exact) mass is 764 g/mol. The molecule has 11 aromatic rings. The van der Waals surface area contributed by atoms with E-state index in [2.05, 4.69) is 252 Å². The highest BCUT2D eigenvalue weighted by atomic mass is 15.1. The molecule has 1 aromatic heterocycles. The number of hydrogen-bond acceptors (Lipinski definition) is 1. The number of anilines is 3. The second-order valence-corrected chi connectivity index (χ2v) is 15.3. The van der Waals surface area contributed by atoms with Crippen LogP contribution in [0.3, 0.4) is 0 Å². The summed E-state index contributed by atoms with van der Waals surface area (Å²) >= 11 is 0. The molecule has 2 heteroatoms. The number of para-hydroxylation sites is 4. The fourth-order valence-electron chi connectivity index (χ4n) is 8.99. The van der Waals surface area contributed by atoms with Gasteiger partial charge >= 0.3 is 0 Å². The Morgan fingerprint density at radius 1 is 0.283 bits per heavy atom. The zero-order valence-corrected chi connectivity index (χ0v) is 33.0. The summed E-state index contributed by atoms with van der Waals surface area (Å²) in [6.45, 7) is 0. The molecule has 282 valence electrons. The van der Waals surface area contributed by atoms with Crippen molar-refractivity contribution in [1.82, 2.24) is 4.57 Å². The molecule has 10 aromatic carbocycles. The van der Waals surface area contributed by atoms with E-state index in [0.717, 1.165) is 17.1 Å². The van der Waals surface area contributed by atoms with Crippen molar-refractivity contribution < 1.29 is 0 Å². The lowest BCUT2D eigenvalue weighted by atomic mass is 9.97. The highest BCUT2D eigenvalue weighted by Gasteiger charge is 2.19. The third-order valence-electron chi connectivity index (χ3n) is 11.8. The zero-order chi connectivity index (χ0) is 39.8. The van der Waals surface area contributed by atoms with E-state index in [1.807, 2.05) is 0 Å². The first-order valence-corrected chi connectivity index (χ1v) is 20.6. The second kappa shape index (κ2) is 15.1. The summed E-state index contributed by atoms with van der Waals surface area (Å²) in [4.78, 5) is 2.40. The van der Waals surface area contributed by atoms with Crippen LogP contribution < -0.4 is 4.90 Å². The van der Waals surface area contributed by atoms with Crippen molar-refractivity contribution in [3.8, 4) is 50.2 Å². The Balaban J connectivity index is 0.976. The Morgan fingerprint density at radius 3 is 1.53 bits per heavy atom. The average Bonchev–Trinajstić information content (AvgIpc) is 3.66. The molecule has 0 atom stereocenters. The number of rotatable bonds is 8. The predicted molar refractivity (Wildman–Crippen MR) is 255 cm³/mol. The molecule has 0 saturated carbocycles. The van der Waals surface area contributed by atoms with Gasteiger partial charge in [0.05, 0.1) is 22.4 Å². The quantitative estimate of drug-likeness (QED) is 0.150. The van der Waals surface area contributed by atoms with E-state index in [1.165, 1.54) is 82.8 Å². The molecule has 0 radical (unpaired) electrons. The Kier molecular flexibility index (Phi) is 8.87. The molecule has 1 heterocycles. The van der Waals surface area contributed by atoms with Crippen molar-refractivity contribution in [2.45, 2.75) is 0 Å². The molecule has 0 unspecified atom stereocenters. The third kappa shape index (κ3) is 6.23. The summed E-state index contributed by atoms with van der Waals surface area (Å²) in [6, 6.07) is 87.8. The van der Waals surface area contributed by atoms with Crippen LogP contribution in [0.1, 0.15) is 0 Å². The molecule has 0 N–H and O–H groups in total. The van der Waals surface area contributed by atoms with Gasteiger partial charge in [0, 0.05) is 33.3 Å². The van der Waals surface area contributed by atoms with Gasteiger partial charge < -0.3 is 9.47 Å². The zero-order valence-electron chi connectivity index (χ0n) is 33.0. The molecule has 0 bridgehead atoms. The van der Waals surface area contributed by atoms with Gasteiger partial charge in [-0.1, -0.05) is 194 Å². The highest BCUT2D eigenvalue weighted by Crippen LogP contribution is 2.43. The van der Waals surface area contributed by atoms with Crippen LogP contribution in [0.4, 0.5) is 17.1 Å². The van der Waals surface area contributed by atoms with Gasteiger partial charge in [-0.3, -0.25) is 0 Å². The lowest BCUT2D eigenvalue weighted by Crippen LogP contribution is -2.11. The lowest BCUT2D eigenvalue weighted by molar-refractivity contribution is 1.18. The van der Waals surface area contributed by atoms with Gasteiger partial charge in [-0.15, -0.1) is 0 Å². The van der Waals surface area contributed by atoms with Gasteiger partial charge in [-0.05, 0) is 92.7 Å². The summed E-state index contributed by atoms with van der Waals surface area (Å²) in [7, 11) is 0. The SMILES string of the molecule is c1ccc(-c2ccccc2N(c2ccc(-c3ccc(-c4ccccc4-n4c5ccccc5c5ccccc54)cc3)cc2)c2cccc(-c3cccc4ccccc34)c2)cc1. The summed E-state index contributed by atoms with van der Waals surface area (Å²) in [5.41, 5.74) is 16.4. The molecule has 0 amide bonds. The smallest absolute Gasteiger partial charge is 0.0541 e. The Bertz CT molecular complexity index is 3240. The maximum atomic E-state index is 2.41. The summed E-state index contributed by atoms with van der Waals surface area (Å²) in [5.74, 6) is 0. The van der Waals surface area contributed by atoms with Gasteiger partial charge in [0.1, 0.15) is 0 Å². The first-order chi connectivity index (χ1) is 29.8. The maximum Gasteiger partial charge on any atom is 0.0541 e. The topological polar surface area (TPSA) is 8.17 Å². The van der Waals surface area contributed by atoms with Gasteiger partial charge in [0.25, 0.3) is 0 Å². The normalized spacial score (nSPS) is 11.3. The largest absolute Gasteiger partial charge is 0.310 e. The Hall–Kier alpha value is -7.94. The van der Waals surface area contributed by atoms with Crippen molar-refractivity contribution in [2.24, 2.45) is 0 Å². The number of aromatic nitrogens is 1. The molecule has 0 saturated heterocycles. The van der Waals surface area contributed by atoms with Crippen molar-refractivity contribution in [3.63, 3.8) is 0 Å². The van der Waals surface area contributed by atoms with E-state index in [9.17, 15) is 0 Å². The molecule has 11 rings (SSSR count). The summed E-state index contributed by atoms with van der Waals surface area (Å²) in [6.07, 6.45) is 0. The van der Waals surface area contributed by atoms with Crippen LogP contribution in [-0.4, -0.2) is 4.57 Å². The average molecular weight is 765 g/mol. The third-order valence-corrected chi connectivity index (χ3v) is 11.8. The molecular formula is C58H40N2. The van der Waals surface area contributed by atoms with Crippen LogP contribution in [0.5, 0.6) is 0 Å². The van der Waals surface area contributed by atoms with Crippen LogP contribution >= 0.6 is 0 Å². The van der Waals surface area contributed by atoms with Gasteiger partial charge in [0.15, 0.2) is 0 Å². The first-order valence-electron chi connectivity index (χ1n) is 20.6. The minimum Gasteiger partial charge on any atom is -0.310 e. The van der Waals surface area contributed by atoms with Crippen LogP contribution in [0, 0.1) is 0 Å². The number of fused-ring (bicyclic) bond motifs is 4. The number of nitrogens with zero attached hydrogens (tertiary/aromatic N) is 2. The summed E-state index contributed by atoms with van der Waals surface area (Å²) < 4.78 is 2.41. The van der Waals surface area contributed by atoms with Gasteiger partial charge in [-0.25, -0.2) is 0 Å². The minimum atomic E-state index is 1.09. The standard InChI is InChI=1S/C58H40N2/c1-2-16-44(17-3-1)51-23-6-10-28-55(51)59(48-21-14-20-46(40-48)50-27-15-19-43-18-4-5-22-49(43)50)47-38-36-42(37-39-47)41-32-34-45(35-33-41)52-24-7-11-29-56(52)60-57-30-12-8-25-53(57)54-26-9-13-31-58(54)60/h1-40H. The fraction of sp³-hybridized carbons (Fsp3) is 0. The van der Waals surface area contributed by atoms with Crippen molar-refractivity contribution in [3.05, 3.63) is 243 Å². The highest BCUT2D eigenvalue weighted by molar-refractivity contribution is 6.09. The van der Waals surface area contributed by atoms with Crippen LogP contribution in [-0.2, 0) is 0 Å². The van der Waals surface area contributed by atoms with E-state index >= 15 is 0 Å². The van der Waals surface area contributed by atoms with Crippen molar-refractivity contribution in [1.29, 1.82) is 0 Å². The van der Waals surface area contributed by atoms with Crippen LogP contribution in [0.15, 0.2) is 243 Å².